The first kappa shape index (κ1) is 19.2. The number of aromatic nitrogens is 4. The van der Waals surface area contributed by atoms with Crippen LogP contribution in [0.5, 0.6) is 11.5 Å². The van der Waals surface area contributed by atoms with Crippen LogP contribution in [0.25, 0.3) is 0 Å². The number of hydrogen-bond acceptors (Lipinski definition) is 6. The molecule has 0 atom stereocenters. The third-order valence-corrected chi connectivity index (χ3v) is 5.57. The van der Waals surface area contributed by atoms with E-state index in [1.807, 2.05) is 9.58 Å². The number of nitrogens with zero attached hydrogens (tertiary/aromatic N) is 5. The van der Waals surface area contributed by atoms with E-state index in [2.05, 4.69) is 15.5 Å². The number of benzene rings is 1. The summed E-state index contributed by atoms with van der Waals surface area (Å²) in [5.74, 6) is 1.64. The molecule has 0 spiro atoms. The standard InChI is InChI=1S/C21H22N6O4/c28-20(13-26-9-1-7-22-26)25-10-5-16(6-11-25)27-19(4-8-23-27)24-21(29)15-2-3-17-18(12-15)31-14-30-17/h1-4,7-9,12,16H,5-6,10-11,13-14H2,(H,24,29). The van der Waals surface area contributed by atoms with Crippen LogP contribution >= 0.6 is 0 Å². The lowest BCUT2D eigenvalue weighted by molar-refractivity contribution is -0.133. The Kier molecular flexibility index (Phi) is 5.03. The van der Waals surface area contributed by atoms with E-state index in [0.29, 0.717) is 36.0 Å². The van der Waals surface area contributed by atoms with E-state index in [1.165, 1.54) is 0 Å². The first-order valence-corrected chi connectivity index (χ1v) is 10.2. The van der Waals surface area contributed by atoms with E-state index in [1.54, 1.807) is 53.6 Å². The molecule has 5 rings (SSSR count). The minimum Gasteiger partial charge on any atom is -0.454 e. The molecule has 1 fully saturated rings. The maximum absolute atomic E-state index is 12.7. The second kappa shape index (κ2) is 8.13. The summed E-state index contributed by atoms with van der Waals surface area (Å²) in [7, 11) is 0. The third kappa shape index (κ3) is 3.96. The average molecular weight is 422 g/mol. The van der Waals surface area contributed by atoms with Crippen LogP contribution in [-0.4, -0.2) is 56.2 Å². The fraction of sp³-hybridized carbons (Fsp3) is 0.333. The molecular formula is C21H22N6O4. The van der Waals surface area contributed by atoms with Gasteiger partial charge in [0.15, 0.2) is 11.5 Å². The van der Waals surface area contributed by atoms with Crippen molar-refractivity contribution in [2.75, 3.05) is 25.2 Å². The van der Waals surface area contributed by atoms with Gasteiger partial charge in [-0.05, 0) is 37.1 Å². The fourth-order valence-electron chi connectivity index (χ4n) is 3.92. The van der Waals surface area contributed by atoms with Crippen molar-refractivity contribution < 1.29 is 19.1 Å². The molecular weight excluding hydrogens is 400 g/mol. The fourth-order valence-corrected chi connectivity index (χ4v) is 3.92. The van der Waals surface area contributed by atoms with Crippen LogP contribution < -0.4 is 14.8 Å². The highest BCUT2D eigenvalue weighted by molar-refractivity contribution is 6.04. The predicted molar refractivity (Wildman–Crippen MR) is 110 cm³/mol. The number of amides is 2. The van der Waals surface area contributed by atoms with E-state index in [4.69, 9.17) is 9.47 Å². The van der Waals surface area contributed by atoms with E-state index >= 15 is 0 Å². The molecule has 3 aromatic rings. The van der Waals surface area contributed by atoms with Crippen molar-refractivity contribution in [3.63, 3.8) is 0 Å². The van der Waals surface area contributed by atoms with Gasteiger partial charge in [0.2, 0.25) is 12.7 Å². The first-order chi connectivity index (χ1) is 15.2. The Balaban J connectivity index is 1.21. The molecule has 1 aromatic carbocycles. The number of anilines is 1. The topological polar surface area (TPSA) is 104 Å². The van der Waals surface area contributed by atoms with Crippen molar-refractivity contribution in [3.05, 3.63) is 54.5 Å². The monoisotopic (exact) mass is 422 g/mol. The number of carbonyl (C=O) groups is 2. The van der Waals surface area contributed by atoms with Crippen LogP contribution in [0.4, 0.5) is 5.82 Å². The molecule has 0 saturated carbocycles. The summed E-state index contributed by atoms with van der Waals surface area (Å²) in [4.78, 5) is 27.1. The van der Waals surface area contributed by atoms with Gasteiger partial charge < -0.3 is 19.7 Å². The van der Waals surface area contributed by atoms with Crippen molar-refractivity contribution in [1.29, 1.82) is 0 Å². The number of likely N-dealkylation sites (tertiary alicyclic amines) is 1. The zero-order valence-corrected chi connectivity index (χ0v) is 16.8. The summed E-state index contributed by atoms with van der Waals surface area (Å²) in [6.45, 7) is 1.69. The molecule has 1 N–H and O–H groups in total. The Labute approximate surface area is 178 Å². The van der Waals surface area contributed by atoms with Crippen molar-refractivity contribution in [2.45, 2.75) is 25.4 Å². The van der Waals surface area contributed by atoms with Gasteiger partial charge in [-0.1, -0.05) is 0 Å². The number of nitrogens with one attached hydrogen (secondary N) is 1. The molecule has 10 nitrogen and oxygen atoms in total. The number of hydrogen-bond donors (Lipinski definition) is 1. The van der Waals surface area contributed by atoms with E-state index in [0.717, 1.165) is 12.8 Å². The zero-order chi connectivity index (χ0) is 21.2. The summed E-state index contributed by atoms with van der Waals surface area (Å²) in [6, 6.07) is 8.78. The molecule has 0 radical (unpaired) electrons. The van der Waals surface area contributed by atoms with Crippen molar-refractivity contribution in [3.8, 4) is 11.5 Å². The van der Waals surface area contributed by atoms with Crippen molar-refractivity contribution in [1.82, 2.24) is 24.5 Å². The number of carbonyl (C=O) groups excluding carboxylic acids is 2. The Morgan fingerprint density at radius 3 is 2.71 bits per heavy atom. The highest BCUT2D eigenvalue weighted by Gasteiger charge is 2.26. The van der Waals surface area contributed by atoms with Crippen LogP contribution in [-0.2, 0) is 11.3 Å². The summed E-state index contributed by atoms with van der Waals surface area (Å²) in [6.07, 6.45) is 6.64. The van der Waals surface area contributed by atoms with Gasteiger partial charge in [0, 0.05) is 37.1 Å². The van der Waals surface area contributed by atoms with Gasteiger partial charge >= 0.3 is 0 Å². The second-order valence-corrected chi connectivity index (χ2v) is 7.50. The van der Waals surface area contributed by atoms with Gasteiger partial charge in [-0.2, -0.15) is 10.2 Å². The van der Waals surface area contributed by atoms with Crippen molar-refractivity contribution >= 4 is 17.6 Å². The van der Waals surface area contributed by atoms with Gasteiger partial charge in [0.1, 0.15) is 12.4 Å². The molecule has 0 bridgehead atoms. The maximum Gasteiger partial charge on any atom is 0.256 e. The molecule has 2 amide bonds. The Bertz CT molecular complexity index is 1090. The Hall–Kier alpha value is -3.82. The number of fused-ring (bicyclic) bond motifs is 1. The van der Waals surface area contributed by atoms with Crippen LogP contribution in [0, 0.1) is 0 Å². The van der Waals surface area contributed by atoms with Crippen LogP contribution in [0.1, 0.15) is 29.2 Å². The highest BCUT2D eigenvalue weighted by atomic mass is 16.7. The van der Waals surface area contributed by atoms with E-state index < -0.39 is 0 Å². The third-order valence-electron chi connectivity index (χ3n) is 5.57. The summed E-state index contributed by atoms with van der Waals surface area (Å²) >= 11 is 0. The maximum atomic E-state index is 12.7. The molecule has 160 valence electrons. The minimum atomic E-state index is -0.244. The van der Waals surface area contributed by atoms with E-state index in [9.17, 15) is 9.59 Å². The van der Waals surface area contributed by atoms with Gasteiger partial charge in [-0.25, -0.2) is 4.68 Å². The smallest absolute Gasteiger partial charge is 0.256 e. The largest absolute Gasteiger partial charge is 0.454 e. The van der Waals surface area contributed by atoms with Crippen LogP contribution in [0.3, 0.4) is 0 Å². The van der Waals surface area contributed by atoms with Gasteiger partial charge in [-0.3, -0.25) is 14.3 Å². The molecule has 0 aliphatic carbocycles. The van der Waals surface area contributed by atoms with Gasteiger partial charge in [0.05, 0.1) is 12.2 Å². The lowest BCUT2D eigenvalue weighted by Gasteiger charge is -2.32. The SMILES string of the molecule is O=C(Nc1ccnn1C1CCN(C(=O)Cn2cccn2)CC1)c1ccc2c(c1)OCO2. The second-order valence-electron chi connectivity index (χ2n) is 7.50. The molecule has 1 saturated heterocycles. The lowest BCUT2D eigenvalue weighted by atomic mass is 10.1. The zero-order valence-electron chi connectivity index (χ0n) is 16.8. The Morgan fingerprint density at radius 2 is 1.90 bits per heavy atom. The minimum absolute atomic E-state index is 0.0546. The molecule has 31 heavy (non-hydrogen) atoms. The molecule has 0 unspecified atom stereocenters. The molecule has 2 aliphatic heterocycles. The summed E-state index contributed by atoms with van der Waals surface area (Å²) < 4.78 is 14.1. The molecule has 2 aromatic heterocycles. The van der Waals surface area contributed by atoms with Crippen molar-refractivity contribution in [2.24, 2.45) is 0 Å². The summed E-state index contributed by atoms with van der Waals surface area (Å²) in [5, 5.41) is 11.4. The predicted octanol–water partition coefficient (Wildman–Crippen LogP) is 1.92. The first-order valence-electron chi connectivity index (χ1n) is 10.2. The van der Waals surface area contributed by atoms with E-state index in [-0.39, 0.29) is 31.2 Å². The number of piperidine rings is 1. The van der Waals surface area contributed by atoms with Crippen LogP contribution in [0.2, 0.25) is 0 Å². The molecule has 10 heteroatoms. The number of rotatable bonds is 5. The quantitative estimate of drug-likeness (QED) is 0.674. The Morgan fingerprint density at radius 1 is 1.06 bits per heavy atom. The lowest BCUT2D eigenvalue weighted by Crippen LogP contribution is -2.41. The highest BCUT2D eigenvalue weighted by Crippen LogP contribution is 2.33. The molecule has 2 aliphatic rings. The average Bonchev–Trinajstić information content (AvgIpc) is 3.55. The molecule has 4 heterocycles. The summed E-state index contributed by atoms with van der Waals surface area (Å²) in [5.41, 5.74) is 0.482. The van der Waals surface area contributed by atoms with Crippen LogP contribution in [0.15, 0.2) is 48.9 Å². The normalized spacial score (nSPS) is 15.8. The van der Waals surface area contributed by atoms with Gasteiger partial charge in [0.25, 0.3) is 5.91 Å². The van der Waals surface area contributed by atoms with Gasteiger partial charge in [-0.15, -0.1) is 0 Å². The number of ether oxygens (including phenoxy) is 2.